The van der Waals surface area contributed by atoms with Crippen LogP contribution in [0.3, 0.4) is 0 Å². The van der Waals surface area contributed by atoms with Gasteiger partial charge in [0.05, 0.1) is 20.5 Å². The lowest BCUT2D eigenvalue weighted by Crippen LogP contribution is -2.46. The van der Waals surface area contributed by atoms with Gasteiger partial charge in [0, 0.05) is 12.6 Å². The average molecular weight is 477 g/mol. The normalized spacial score (nSPS) is 14.3. The van der Waals surface area contributed by atoms with Gasteiger partial charge in [-0.15, -0.1) is 0 Å². The third-order valence-electron chi connectivity index (χ3n) is 6.46. The summed E-state index contributed by atoms with van der Waals surface area (Å²) >= 11 is 0. The van der Waals surface area contributed by atoms with E-state index in [0.29, 0.717) is 24.5 Å². The summed E-state index contributed by atoms with van der Waals surface area (Å²) in [6, 6.07) is 17.8. The molecule has 1 saturated carbocycles. The van der Waals surface area contributed by atoms with E-state index < -0.39 is 6.04 Å². The van der Waals surface area contributed by atoms with Crippen LogP contribution in [0.1, 0.15) is 53.4 Å². The van der Waals surface area contributed by atoms with Gasteiger partial charge in [-0.3, -0.25) is 9.59 Å². The van der Waals surface area contributed by atoms with Gasteiger partial charge in [-0.1, -0.05) is 49.2 Å². The Bertz CT molecular complexity index is 1110. The number of furan rings is 1. The van der Waals surface area contributed by atoms with Gasteiger partial charge in [-0.2, -0.15) is 0 Å². The number of rotatable bonds is 10. The van der Waals surface area contributed by atoms with Crippen LogP contribution >= 0.6 is 0 Å². The fourth-order valence-electron chi connectivity index (χ4n) is 4.63. The monoisotopic (exact) mass is 476 g/mol. The second-order valence-electron chi connectivity index (χ2n) is 8.72. The van der Waals surface area contributed by atoms with E-state index in [1.54, 1.807) is 31.3 Å². The summed E-state index contributed by atoms with van der Waals surface area (Å²) in [6.45, 7) is 0.312. The highest BCUT2D eigenvalue weighted by molar-refractivity contribution is 5.96. The van der Waals surface area contributed by atoms with Crippen molar-refractivity contribution in [3.8, 4) is 11.5 Å². The van der Waals surface area contributed by atoms with Gasteiger partial charge in [0.15, 0.2) is 17.3 Å². The van der Waals surface area contributed by atoms with E-state index in [1.807, 2.05) is 48.5 Å². The fraction of sp³-hybridized carbons (Fsp3) is 0.357. The van der Waals surface area contributed by atoms with E-state index in [-0.39, 0.29) is 23.6 Å². The minimum Gasteiger partial charge on any atom is -0.493 e. The maximum absolute atomic E-state index is 13.6. The molecule has 1 N–H and O–H groups in total. The first-order valence-electron chi connectivity index (χ1n) is 12.0. The van der Waals surface area contributed by atoms with Gasteiger partial charge in [0.1, 0.15) is 6.04 Å². The predicted molar refractivity (Wildman–Crippen MR) is 133 cm³/mol. The van der Waals surface area contributed by atoms with Crippen LogP contribution in [0, 0.1) is 0 Å². The molecular weight excluding hydrogens is 444 g/mol. The first-order valence-corrected chi connectivity index (χ1v) is 12.0. The fourth-order valence-corrected chi connectivity index (χ4v) is 4.63. The molecule has 2 amide bonds. The molecule has 0 bridgehead atoms. The van der Waals surface area contributed by atoms with Crippen molar-refractivity contribution in [1.29, 1.82) is 0 Å². The second-order valence-corrected chi connectivity index (χ2v) is 8.72. The van der Waals surface area contributed by atoms with Gasteiger partial charge in [-0.25, -0.2) is 0 Å². The zero-order valence-corrected chi connectivity index (χ0v) is 20.2. The average Bonchev–Trinajstić information content (AvgIpc) is 3.61. The molecule has 1 aromatic heterocycles. The number of benzene rings is 2. The topological polar surface area (TPSA) is 81.0 Å². The summed E-state index contributed by atoms with van der Waals surface area (Å²) in [4.78, 5) is 28.9. The Morgan fingerprint density at radius 3 is 2.40 bits per heavy atom. The van der Waals surface area contributed by atoms with E-state index in [0.717, 1.165) is 36.8 Å². The second kappa shape index (κ2) is 11.6. The number of carbonyl (C=O) groups is 2. The summed E-state index contributed by atoms with van der Waals surface area (Å²) in [7, 11) is 3.18. The van der Waals surface area contributed by atoms with Crippen molar-refractivity contribution < 1.29 is 23.5 Å². The van der Waals surface area contributed by atoms with Crippen LogP contribution in [0.25, 0.3) is 0 Å². The lowest BCUT2D eigenvalue weighted by Gasteiger charge is -2.32. The predicted octanol–water partition coefficient (Wildman–Crippen LogP) is 4.78. The number of hydrogen-bond donors (Lipinski definition) is 1. The molecule has 1 atom stereocenters. The molecule has 3 aromatic rings. The van der Waals surface area contributed by atoms with Crippen molar-refractivity contribution in [2.24, 2.45) is 0 Å². The van der Waals surface area contributed by atoms with Crippen molar-refractivity contribution >= 4 is 11.8 Å². The maximum Gasteiger partial charge on any atom is 0.290 e. The van der Waals surface area contributed by atoms with Gasteiger partial charge in [0.2, 0.25) is 5.91 Å². The van der Waals surface area contributed by atoms with Crippen LogP contribution in [0.4, 0.5) is 0 Å². The number of nitrogens with one attached hydrogen (secondary N) is 1. The molecule has 1 fully saturated rings. The molecule has 2 aromatic carbocycles. The zero-order chi connectivity index (χ0) is 24.6. The molecule has 4 rings (SSSR count). The number of hydrogen-bond acceptors (Lipinski definition) is 5. The Morgan fingerprint density at radius 2 is 1.74 bits per heavy atom. The smallest absolute Gasteiger partial charge is 0.290 e. The standard InChI is InChI=1S/C28H32N2O5/c1-33-23-15-14-20(19-25(23)34-2)16-17-30(28(32)24-13-8-18-35-24)26(21-9-4-3-5-10-21)27(31)29-22-11-6-7-12-22/h3-5,8-10,13-15,18-19,22,26H,6-7,11-12,16-17H2,1-2H3,(H,29,31)/t26-/m0/s1. The Morgan fingerprint density at radius 1 is 1.00 bits per heavy atom. The van der Waals surface area contributed by atoms with Crippen LogP contribution in [0.2, 0.25) is 0 Å². The number of amides is 2. The molecule has 0 radical (unpaired) electrons. The molecule has 1 aliphatic rings. The molecule has 35 heavy (non-hydrogen) atoms. The minimum atomic E-state index is -0.783. The van der Waals surface area contributed by atoms with Crippen LogP contribution < -0.4 is 14.8 Å². The van der Waals surface area contributed by atoms with Crippen molar-refractivity contribution in [3.63, 3.8) is 0 Å². The highest BCUT2D eigenvalue weighted by Crippen LogP contribution is 2.29. The third kappa shape index (κ3) is 5.85. The van der Waals surface area contributed by atoms with Gasteiger partial charge in [-0.05, 0) is 54.7 Å². The van der Waals surface area contributed by atoms with Gasteiger partial charge >= 0.3 is 0 Å². The summed E-state index contributed by atoms with van der Waals surface area (Å²) in [5.41, 5.74) is 1.72. The molecular formula is C28H32N2O5. The van der Waals surface area contributed by atoms with Crippen molar-refractivity contribution in [2.75, 3.05) is 20.8 Å². The van der Waals surface area contributed by atoms with E-state index in [9.17, 15) is 9.59 Å². The quantitative estimate of drug-likeness (QED) is 0.455. The molecule has 7 heteroatoms. The van der Waals surface area contributed by atoms with Crippen LogP contribution in [-0.4, -0.2) is 43.5 Å². The van der Waals surface area contributed by atoms with Crippen LogP contribution in [0.15, 0.2) is 71.3 Å². The lowest BCUT2D eigenvalue weighted by atomic mass is 10.0. The molecule has 0 spiro atoms. The Labute approximate surface area is 206 Å². The molecule has 1 heterocycles. The van der Waals surface area contributed by atoms with E-state index in [2.05, 4.69) is 5.32 Å². The molecule has 0 unspecified atom stereocenters. The van der Waals surface area contributed by atoms with Crippen molar-refractivity contribution in [3.05, 3.63) is 83.8 Å². The summed E-state index contributed by atoms with van der Waals surface area (Å²) in [6.07, 6.45) is 6.13. The first kappa shape index (κ1) is 24.4. The van der Waals surface area contributed by atoms with Crippen molar-refractivity contribution in [2.45, 2.75) is 44.2 Å². The van der Waals surface area contributed by atoms with Crippen LogP contribution in [-0.2, 0) is 11.2 Å². The van der Waals surface area contributed by atoms with E-state index in [1.165, 1.54) is 6.26 Å². The molecule has 184 valence electrons. The highest BCUT2D eigenvalue weighted by Gasteiger charge is 2.34. The summed E-state index contributed by atoms with van der Waals surface area (Å²) in [5.74, 6) is 0.957. The molecule has 0 saturated heterocycles. The summed E-state index contributed by atoms with van der Waals surface area (Å²) < 4.78 is 16.2. The number of nitrogens with zero attached hydrogens (tertiary/aromatic N) is 1. The number of ether oxygens (including phenoxy) is 2. The van der Waals surface area contributed by atoms with Crippen molar-refractivity contribution in [1.82, 2.24) is 10.2 Å². The molecule has 0 aliphatic heterocycles. The molecule has 7 nitrogen and oxygen atoms in total. The lowest BCUT2D eigenvalue weighted by molar-refractivity contribution is -0.126. The van der Waals surface area contributed by atoms with Crippen LogP contribution in [0.5, 0.6) is 11.5 Å². The van der Waals surface area contributed by atoms with Gasteiger partial charge in [0.25, 0.3) is 5.91 Å². The SMILES string of the molecule is COc1ccc(CCN(C(=O)c2ccco2)[C@H](C(=O)NC2CCCC2)c2ccccc2)cc1OC. The first-order chi connectivity index (χ1) is 17.1. The Balaban J connectivity index is 1.65. The highest BCUT2D eigenvalue weighted by atomic mass is 16.5. The molecule has 1 aliphatic carbocycles. The maximum atomic E-state index is 13.6. The Kier molecular flexibility index (Phi) is 8.08. The Hall–Kier alpha value is -3.74. The largest absolute Gasteiger partial charge is 0.493 e. The van der Waals surface area contributed by atoms with E-state index in [4.69, 9.17) is 13.9 Å². The minimum absolute atomic E-state index is 0.139. The number of methoxy groups -OCH3 is 2. The zero-order valence-electron chi connectivity index (χ0n) is 20.2. The third-order valence-corrected chi connectivity index (χ3v) is 6.46. The summed E-state index contributed by atoms with van der Waals surface area (Å²) in [5, 5.41) is 3.19. The van der Waals surface area contributed by atoms with E-state index >= 15 is 0 Å². The van der Waals surface area contributed by atoms with Gasteiger partial charge < -0.3 is 24.1 Å². The number of carbonyl (C=O) groups excluding carboxylic acids is 2.